The topological polar surface area (TPSA) is 146 Å². The number of piperidine rings is 1. The Morgan fingerprint density at radius 1 is 1.16 bits per heavy atom. The molecule has 1 saturated carbocycles. The summed E-state index contributed by atoms with van der Waals surface area (Å²) in [6, 6.07) is 7.45. The number of ether oxygens (including phenoxy) is 2. The largest absolute Gasteiger partial charge is 0.445 e. The lowest BCUT2D eigenvalue weighted by molar-refractivity contribution is -0.144. The van der Waals surface area contributed by atoms with Gasteiger partial charge in [-0.15, -0.1) is 0 Å². The Bertz CT molecular complexity index is 1250. The van der Waals surface area contributed by atoms with Crippen molar-refractivity contribution in [3.05, 3.63) is 35.9 Å². The third kappa shape index (κ3) is 7.44. The number of hydrogen-bond acceptors (Lipinski definition) is 7. The Kier molecular flexibility index (Phi) is 9.80. The maximum absolute atomic E-state index is 14.1. The van der Waals surface area contributed by atoms with Gasteiger partial charge in [-0.2, -0.15) is 0 Å². The first-order chi connectivity index (χ1) is 20.6. The van der Waals surface area contributed by atoms with E-state index in [1.54, 1.807) is 20.8 Å². The van der Waals surface area contributed by atoms with E-state index in [-0.39, 0.29) is 48.1 Å². The van der Waals surface area contributed by atoms with E-state index >= 15 is 0 Å². The van der Waals surface area contributed by atoms with Crippen LogP contribution in [-0.4, -0.2) is 77.1 Å². The Morgan fingerprint density at radius 3 is 2.43 bits per heavy atom. The molecule has 3 aliphatic rings. The smallest absolute Gasteiger partial charge is 0.429 e. The molecule has 6 atom stereocenters. The summed E-state index contributed by atoms with van der Waals surface area (Å²) in [5.41, 5.74) is 2.50. The molecule has 2 unspecified atom stereocenters. The first-order valence-electron chi connectivity index (χ1n) is 15.5. The van der Waals surface area contributed by atoms with Gasteiger partial charge >= 0.3 is 12.2 Å². The van der Waals surface area contributed by atoms with Crippen LogP contribution >= 0.6 is 0 Å². The molecule has 4 rings (SSSR count). The fraction of sp³-hybridized carbons (Fsp3) is 0.656. The van der Waals surface area contributed by atoms with Crippen LogP contribution in [0.4, 0.5) is 9.59 Å². The number of likely N-dealkylation sites (tertiary alicyclic amines) is 1. The number of carbonyl (C=O) groups excluding carboxylic acids is 5. The molecular weight excluding hydrogens is 566 g/mol. The van der Waals surface area contributed by atoms with Gasteiger partial charge in [0.15, 0.2) is 0 Å². The summed E-state index contributed by atoms with van der Waals surface area (Å²) in [5.74, 6) is -1.90. The third-order valence-corrected chi connectivity index (χ3v) is 9.15. The summed E-state index contributed by atoms with van der Waals surface area (Å²) in [4.78, 5) is 67.9. The van der Waals surface area contributed by atoms with Gasteiger partial charge in [-0.25, -0.2) is 14.6 Å². The van der Waals surface area contributed by atoms with Gasteiger partial charge in [-0.3, -0.25) is 19.8 Å². The third-order valence-electron chi connectivity index (χ3n) is 9.15. The highest BCUT2D eigenvalue weighted by Gasteiger charge is 2.69. The Balaban J connectivity index is 1.52. The second-order valence-electron chi connectivity index (χ2n) is 13.8. The lowest BCUT2D eigenvalue weighted by Gasteiger charge is -2.36. The number of fused-ring (bicyclic) bond motifs is 1. The lowest BCUT2D eigenvalue weighted by Crippen LogP contribution is -2.60. The molecule has 12 heteroatoms. The molecule has 5 amide bonds. The average Bonchev–Trinajstić information content (AvgIpc) is 3.30. The van der Waals surface area contributed by atoms with Crippen molar-refractivity contribution in [1.82, 2.24) is 26.0 Å². The van der Waals surface area contributed by atoms with Crippen molar-refractivity contribution >= 4 is 29.9 Å². The Hall–Kier alpha value is -3.83. The van der Waals surface area contributed by atoms with Crippen LogP contribution in [0.15, 0.2) is 30.3 Å². The SMILES string of the molecule is CCC(C)C(NC(=O)OCc1ccccc1)C(=O)N1C[C@H]2[C@@H]([C@H]1C(=O)NN(C[C@@H]1CCNC1=O)C(=O)OC(C)(C)C)C2(C)C. The van der Waals surface area contributed by atoms with E-state index in [0.717, 1.165) is 10.6 Å². The lowest BCUT2D eigenvalue weighted by atomic mass is 9.95. The fourth-order valence-corrected chi connectivity index (χ4v) is 6.29. The van der Waals surface area contributed by atoms with E-state index in [1.165, 1.54) is 4.90 Å². The minimum absolute atomic E-state index is 0.0562. The van der Waals surface area contributed by atoms with Crippen LogP contribution in [0, 0.1) is 29.1 Å². The van der Waals surface area contributed by atoms with Crippen molar-refractivity contribution < 1.29 is 33.4 Å². The molecule has 0 spiro atoms. The minimum Gasteiger partial charge on any atom is -0.445 e. The first-order valence-corrected chi connectivity index (χ1v) is 15.5. The van der Waals surface area contributed by atoms with Crippen LogP contribution in [0.5, 0.6) is 0 Å². The monoisotopic (exact) mass is 613 g/mol. The average molecular weight is 614 g/mol. The van der Waals surface area contributed by atoms with E-state index in [1.807, 2.05) is 44.2 Å². The van der Waals surface area contributed by atoms with Gasteiger partial charge in [0.2, 0.25) is 11.8 Å². The van der Waals surface area contributed by atoms with Crippen molar-refractivity contribution in [2.24, 2.45) is 29.1 Å². The summed E-state index contributed by atoms with van der Waals surface area (Å²) < 4.78 is 10.9. The standard InChI is InChI=1S/C32H47N5O7/c1-8-19(2)24(34-29(41)43-18-20-12-10-9-11-13-20)28(40)36-17-22-23(32(22,6)7)25(36)27(39)35-37(30(42)44-31(3,4)5)16-21-14-15-33-26(21)38/h9-13,19,21-25H,8,14-18H2,1-7H3,(H,33,38)(H,34,41)(H,35,39)/t19?,21-,22-,23-,24?,25-/m0/s1. The number of alkyl carbamates (subject to hydrolysis) is 1. The van der Waals surface area contributed by atoms with Crippen LogP contribution in [0.25, 0.3) is 0 Å². The highest BCUT2D eigenvalue weighted by molar-refractivity contribution is 5.93. The Morgan fingerprint density at radius 2 is 1.84 bits per heavy atom. The molecule has 0 radical (unpaired) electrons. The highest BCUT2D eigenvalue weighted by Crippen LogP contribution is 2.65. The molecular formula is C32H47N5O7. The summed E-state index contributed by atoms with van der Waals surface area (Å²) in [6.07, 6.45) is -0.381. The van der Waals surface area contributed by atoms with Crippen molar-refractivity contribution in [2.45, 2.75) is 85.6 Å². The van der Waals surface area contributed by atoms with E-state index < -0.39 is 41.7 Å². The molecule has 242 valence electrons. The molecule has 3 fully saturated rings. The zero-order valence-electron chi connectivity index (χ0n) is 26.8. The van der Waals surface area contributed by atoms with Crippen molar-refractivity contribution in [3.63, 3.8) is 0 Å². The van der Waals surface area contributed by atoms with Gasteiger partial charge < -0.3 is 25.0 Å². The number of nitrogens with zero attached hydrogens (tertiary/aromatic N) is 2. The predicted octanol–water partition coefficient (Wildman–Crippen LogP) is 3.21. The van der Waals surface area contributed by atoms with Gasteiger partial charge in [-0.05, 0) is 55.9 Å². The van der Waals surface area contributed by atoms with Crippen LogP contribution < -0.4 is 16.1 Å². The quantitative estimate of drug-likeness (QED) is 0.363. The van der Waals surface area contributed by atoms with Crippen LogP contribution in [-0.2, 0) is 30.5 Å². The van der Waals surface area contributed by atoms with Gasteiger partial charge in [0.25, 0.3) is 5.91 Å². The van der Waals surface area contributed by atoms with E-state index in [4.69, 9.17) is 9.47 Å². The van der Waals surface area contributed by atoms with Crippen LogP contribution in [0.2, 0.25) is 0 Å². The highest BCUT2D eigenvalue weighted by atomic mass is 16.6. The molecule has 3 N–H and O–H groups in total. The van der Waals surface area contributed by atoms with E-state index in [9.17, 15) is 24.0 Å². The molecule has 1 aromatic rings. The first kappa shape index (κ1) is 33.1. The van der Waals surface area contributed by atoms with Gasteiger partial charge in [-0.1, -0.05) is 64.4 Å². The molecule has 2 aliphatic heterocycles. The summed E-state index contributed by atoms with van der Waals surface area (Å²) >= 11 is 0. The maximum Gasteiger partial charge on any atom is 0.429 e. The zero-order chi connectivity index (χ0) is 32.4. The zero-order valence-corrected chi connectivity index (χ0v) is 26.8. The second kappa shape index (κ2) is 13.0. The normalized spacial score (nSPS) is 24.8. The molecule has 0 aromatic heterocycles. The minimum atomic E-state index is -0.914. The van der Waals surface area contributed by atoms with Crippen LogP contribution in [0.1, 0.15) is 66.9 Å². The number of benzene rings is 1. The van der Waals surface area contributed by atoms with Gasteiger partial charge in [0.1, 0.15) is 24.3 Å². The predicted molar refractivity (Wildman–Crippen MR) is 161 cm³/mol. The van der Waals surface area contributed by atoms with Crippen molar-refractivity contribution in [3.8, 4) is 0 Å². The number of hydrazine groups is 1. The number of amides is 5. The summed E-state index contributed by atoms with van der Waals surface area (Å²) in [6.45, 7) is 13.9. The molecule has 12 nitrogen and oxygen atoms in total. The van der Waals surface area contributed by atoms with Crippen molar-refractivity contribution in [2.75, 3.05) is 19.6 Å². The number of carbonyl (C=O) groups is 5. The Labute approximate surface area is 259 Å². The molecule has 1 aromatic carbocycles. The van der Waals surface area contributed by atoms with Crippen molar-refractivity contribution in [1.29, 1.82) is 0 Å². The number of nitrogens with one attached hydrogen (secondary N) is 3. The van der Waals surface area contributed by atoms with E-state index in [2.05, 4.69) is 29.9 Å². The fourth-order valence-electron chi connectivity index (χ4n) is 6.29. The van der Waals surface area contributed by atoms with Gasteiger partial charge in [0.05, 0.1) is 12.5 Å². The molecule has 0 bridgehead atoms. The maximum atomic E-state index is 14.1. The van der Waals surface area contributed by atoms with Crippen LogP contribution in [0.3, 0.4) is 0 Å². The van der Waals surface area contributed by atoms with Gasteiger partial charge in [0, 0.05) is 13.1 Å². The number of rotatable bonds is 9. The summed E-state index contributed by atoms with van der Waals surface area (Å²) in [5, 5.41) is 6.56. The molecule has 44 heavy (non-hydrogen) atoms. The molecule has 1 aliphatic carbocycles. The second-order valence-corrected chi connectivity index (χ2v) is 13.8. The molecule has 2 heterocycles. The summed E-state index contributed by atoms with van der Waals surface area (Å²) in [7, 11) is 0. The van der Waals surface area contributed by atoms with E-state index in [0.29, 0.717) is 25.9 Å². The number of hydrogen-bond donors (Lipinski definition) is 3. The molecule has 2 saturated heterocycles.